The quantitative estimate of drug-likeness (QED) is 0.104. The second kappa shape index (κ2) is 22.0. The molecule has 2 nitrogen and oxygen atoms in total. The van der Waals surface area contributed by atoms with E-state index >= 15 is 0 Å². The first-order chi connectivity index (χ1) is 45.2. The molecular formula is C84H68N2Si2. The second-order valence-electron chi connectivity index (χ2n) is 24.4. The van der Waals surface area contributed by atoms with Gasteiger partial charge in [0.2, 0.25) is 0 Å². The maximum Gasteiger partial charge on any atom is 0.179 e. The van der Waals surface area contributed by atoms with Crippen LogP contribution in [0.3, 0.4) is 0 Å². The molecule has 422 valence electrons. The van der Waals surface area contributed by atoms with Gasteiger partial charge >= 0.3 is 0 Å². The summed E-state index contributed by atoms with van der Waals surface area (Å²) in [6.07, 6.45) is 0. The molecule has 0 N–H and O–H groups in total. The molecule has 1 aromatic heterocycles. The lowest BCUT2D eigenvalue weighted by Crippen LogP contribution is -2.93. The molecule has 4 heteroatoms. The monoisotopic (exact) mass is 1170 g/mol. The fourth-order valence-electron chi connectivity index (χ4n) is 14.6. The van der Waals surface area contributed by atoms with E-state index in [0.29, 0.717) is 5.56 Å². The molecule has 13 aromatic carbocycles. The van der Waals surface area contributed by atoms with Crippen LogP contribution in [-0.2, 0) is 10.8 Å². The van der Waals surface area contributed by atoms with Crippen molar-refractivity contribution < 1.29 is 6.85 Å². The first kappa shape index (κ1) is 49.1. The lowest BCUT2D eigenvalue weighted by Gasteiger charge is -2.48. The first-order valence-electron chi connectivity index (χ1n) is 33.0. The van der Waals surface area contributed by atoms with Crippen LogP contribution in [0.2, 0.25) is 0 Å². The molecule has 0 spiro atoms. The Kier molecular flexibility index (Phi) is 12.3. The van der Waals surface area contributed by atoms with Crippen LogP contribution in [0, 0.1) is 0 Å². The smallest absolute Gasteiger partial charge is 0.179 e. The maximum absolute atomic E-state index is 9.17. The molecule has 0 atom stereocenters. The van der Waals surface area contributed by atoms with E-state index in [2.05, 4.69) is 334 Å². The molecule has 0 saturated heterocycles. The van der Waals surface area contributed by atoms with Crippen LogP contribution in [0.5, 0.6) is 0 Å². The van der Waals surface area contributed by atoms with Crippen molar-refractivity contribution >= 4 is 96.5 Å². The molecular weight excluding hydrogens is 1090 g/mol. The Morgan fingerprint density at radius 3 is 1.07 bits per heavy atom. The second-order valence-corrected chi connectivity index (χ2v) is 31.9. The fraction of sp³-hybridized carbons (Fsp3) is 0.0714. The van der Waals surface area contributed by atoms with Gasteiger partial charge in [0.1, 0.15) is 0 Å². The number of hydrogen-bond acceptors (Lipinski definition) is 1. The molecule has 14 aromatic rings. The molecule has 0 radical (unpaired) electrons. The van der Waals surface area contributed by atoms with Gasteiger partial charge in [0.25, 0.3) is 0 Å². The number of rotatable bonds is 13. The summed E-state index contributed by atoms with van der Waals surface area (Å²) in [4.78, 5) is 2.33. The molecule has 2 heterocycles. The predicted octanol–water partition coefficient (Wildman–Crippen LogP) is 15.6. The summed E-state index contributed by atoms with van der Waals surface area (Å²) in [6.45, 7) is 9.11. The molecule has 0 aliphatic carbocycles. The summed E-state index contributed by atoms with van der Waals surface area (Å²) >= 11 is 0. The molecule has 0 unspecified atom stereocenters. The molecule has 0 fully saturated rings. The fourth-order valence-corrected chi connectivity index (χ4v) is 26.7. The van der Waals surface area contributed by atoms with E-state index in [4.69, 9.17) is 4.11 Å². The van der Waals surface area contributed by atoms with Crippen molar-refractivity contribution in [3.63, 3.8) is 0 Å². The highest BCUT2D eigenvalue weighted by molar-refractivity contribution is 7.32. The standard InChI is InChI=1S/C84H68N2Si2/c1-83(2,63-29-13-6-14-30-63)65-44-48-67(49-45-65)85(68-50-46-66(47-51-68)84(3,4)64-31-15-7-16-32-64)70-54-58-78-76(60-70)75-59-62(61-27-11-5-12-28-61)43-57-77(75)86(78)69-52-55-74(56-53-69)88(73-37-21-10-22-38-73)81-41-25-23-39-79(81)87(71-33-17-8-18-34-71,72-35-19-9-20-36-72)80-40-24-26-42-82(80)88/h5-60H,1-4H3/i5D,11D,12D,27D,28D. The van der Waals surface area contributed by atoms with Crippen LogP contribution in [0.15, 0.2) is 340 Å². The SMILES string of the molecule is [2H]c1c([2H])c([2H])c(-c2ccc3c(c2)c2cc(N(c4ccc(C(C)(C)c5ccccc5)cc4)c4ccc(C(C)(C)c5ccccc5)cc4)ccc2n3-c2ccc([Si]3(c4ccccc4)c4ccccc4[Si](c4ccccc4)(c4ccccc4)c4ccccc43)cc2)c([2H])c1[2H]. The molecule has 88 heavy (non-hydrogen) atoms. The van der Waals surface area contributed by atoms with Crippen molar-refractivity contribution in [2.75, 3.05) is 4.90 Å². The van der Waals surface area contributed by atoms with Gasteiger partial charge in [-0.05, 0) is 142 Å². The zero-order chi connectivity index (χ0) is 63.8. The van der Waals surface area contributed by atoms with E-state index in [-0.39, 0.29) is 40.6 Å². The Hall–Kier alpha value is -10.1. The summed E-state index contributed by atoms with van der Waals surface area (Å²) < 4.78 is 46.7. The van der Waals surface area contributed by atoms with Crippen molar-refractivity contribution in [2.24, 2.45) is 0 Å². The van der Waals surface area contributed by atoms with Gasteiger partial charge in [0, 0.05) is 44.4 Å². The summed E-state index contributed by atoms with van der Waals surface area (Å²) in [5, 5.41) is 12.8. The zero-order valence-electron chi connectivity index (χ0n) is 54.8. The average Bonchev–Trinajstić information content (AvgIpc) is 1.14. The van der Waals surface area contributed by atoms with Crippen LogP contribution < -0.4 is 46.4 Å². The van der Waals surface area contributed by atoms with Crippen LogP contribution >= 0.6 is 0 Å². The average molecular weight is 1170 g/mol. The van der Waals surface area contributed by atoms with Crippen LogP contribution in [0.25, 0.3) is 38.6 Å². The summed E-state index contributed by atoms with van der Waals surface area (Å²) in [6, 6.07) is 112. The van der Waals surface area contributed by atoms with Gasteiger partial charge in [-0.25, -0.2) is 0 Å². The van der Waals surface area contributed by atoms with Crippen LogP contribution in [-0.4, -0.2) is 20.7 Å². The van der Waals surface area contributed by atoms with Crippen LogP contribution in [0.1, 0.15) is 56.8 Å². The van der Waals surface area contributed by atoms with Gasteiger partial charge in [-0.3, -0.25) is 0 Å². The van der Waals surface area contributed by atoms with Crippen molar-refractivity contribution in [1.29, 1.82) is 0 Å². The molecule has 1 aliphatic heterocycles. The van der Waals surface area contributed by atoms with Gasteiger partial charge in [0.15, 0.2) is 16.1 Å². The normalized spacial score (nSPS) is 14.2. The number of aromatic nitrogens is 1. The topological polar surface area (TPSA) is 8.17 Å². The lowest BCUT2D eigenvalue weighted by atomic mass is 9.78. The number of anilines is 3. The van der Waals surface area contributed by atoms with Crippen molar-refractivity contribution in [3.8, 4) is 16.8 Å². The third-order valence-corrected chi connectivity index (χ3v) is 29.4. The molecule has 0 amide bonds. The Labute approximate surface area is 527 Å². The predicted molar refractivity (Wildman–Crippen MR) is 379 cm³/mol. The maximum atomic E-state index is 9.17. The highest BCUT2D eigenvalue weighted by Crippen LogP contribution is 2.43. The third kappa shape index (κ3) is 8.80. The van der Waals surface area contributed by atoms with Gasteiger partial charge in [-0.1, -0.05) is 301 Å². The van der Waals surface area contributed by atoms with Crippen molar-refractivity contribution in [2.45, 2.75) is 38.5 Å². The van der Waals surface area contributed by atoms with Gasteiger partial charge in [0.05, 0.1) is 17.9 Å². The molecule has 0 bridgehead atoms. The van der Waals surface area contributed by atoms with E-state index in [0.717, 1.165) is 44.6 Å². The molecule has 15 rings (SSSR count). The van der Waals surface area contributed by atoms with Crippen LogP contribution in [0.4, 0.5) is 17.1 Å². The lowest BCUT2D eigenvalue weighted by molar-refractivity contribution is 0.641. The number of hydrogen-bond donors (Lipinski definition) is 0. The third-order valence-electron chi connectivity index (χ3n) is 19.1. The Morgan fingerprint density at radius 1 is 0.307 bits per heavy atom. The molecule has 0 saturated carbocycles. The highest BCUT2D eigenvalue weighted by Gasteiger charge is 2.56. The van der Waals surface area contributed by atoms with E-state index in [1.54, 1.807) is 0 Å². The Balaban J connectivity index is 0.939. The largest absolute Gasteiger partial charge is 0.310 e. The first-order valence-corrected chi connectivity index (χ1v) is 34.5. The minimum Gasteiger partial charge on any atom is -0.310 e. The van der Waals surface area contributed by atoms with Crippen molar-refractivity contribution in [1.82, 2.24) is 4.57 Å². The number of benzene rings is 13. The number of fused-ring (bicyclic) bond motifs is 5. The number of nitrogens with zero attached hydrogens (tertiary/aromatic N) is 2. The Morgan fingerprint density at radius 2 is 0.648 bits per heavy atom. The minimum absolute atomic E-state index is 0.166. The van der Waals surface area contributed by atoms with Gasteiger partial charge in [-0.15, -0.1) is 0 Å². The Bertz CT molecular complexity index is 4910. The highest BCUT2D eigenvalue weighted by atomic mass is 28.3. The zero-order valence-corrected chi connectivity index (χ0v) is 51.8. The van der Waals surface area contributed by atoms with Gasteiger partial charge in [-0.2, -0.15) is 0 Å². The summed E-state index contributed by atoms with van der Waals surface area (Å²) in [7, 11) is -6.04. The molecule has 1 aliphatic rings. The van der Waals surface area contributed by atoms with E-state index in [1.165, 1.54) is 63.7 Å². The summed E-state index contributed by atoms with van der Waals surface area (Å²) in [5.74, 6) is 0. The van der Waals surface area contributed by atoms with Gasteiger partial charge < -0.3 is 9.47 Å². The van der Waals surface area contributed by atoms with E-state index < -0.39 is 22.2 Å². The van der Waals surface area contributed by atoms with E-state index in [1.807, 2.05) is 12.1 Å². The minimum atomic E-state index is -3.12. The van der Waals surface area contributed by atoms with E-state index in [9.17, 15) is 2.74 Å². The van der Waals surface area contributed by atoms with Crippen molar-refractivity contribution in [3.05, 3.63) is 362 Å². The summed E-state index contributed by atoms with van der Waals surface area (Å²) in [5.41, 5.74) is 10.9.